The lowest BCUT2D eigenvalue weighted by Crippen LogP contribution is -2.51. The molecule has 0 unspecified atom stereocenters. The summed E-state index contributed by atoms with van der Waals surface area (Å²) in [6, 6.07) is 11.2. The zero-order chi connectivity index (χ0) is 29.3. The van der Waals surface area contributed by atoms with Crippen LogP contribution in [0.2, 0.25) is 10.0 Å². The van der Waals surface area contributed by atoms with Crippen LogP contribution in [0, 0.1) is 0 Å². The second-order valence-electron chi connectivity index (χ2n) is 10.2. The fraction of sp³-hybridized carbons (Fsp3) is 0.517. The van der Waals surface area contributed by atoms with Gasteiger partial charge in [-0.15, -0.1) is 0 Å². The summed E-state index contributed by atoms with van der Waals surface area (Å²) in [5.41, 5.74) is 1.16. The third kappa shape index (κ3) is 9.01. The van der Waals surface area contributed by atoms with E-state index in [9.17, 15) is 18.0 Å². The second kappa shape index (κ2) is 14.9. The second-order valence-corrected chi connectivity index (χ2v) is 12.9. The number of rotatable bonds is 13. The molecule has 0 radical (unpaired) electrons. The maximum absolute atomic E-state index is 13.7. The number of methoxy groups -OCH3 is 1. The Morgan fingerprint density at radius 3 is 2.33 bits per heavy atom. The molecule has 220 valence electrons. The Morgan fingerprint density at radius 2 is 1.75 bits per heavy atom. The molecular formula is C29H39Cl2N3O5S. The first-order chi connectivity index (χ1) is 19.0. The van der Waals surface area contributed by atoms with Gasteiger partial charge in [-0.2, -0.15) is 0 Å². The Bertz CT molecular complexity index is 1250. The molecule has 1 saturated carbocycles. The van der Waals surface area contributed by atoms with E-state index >= 15 is 0 Å². The molecule has 0 aliphatic heterocycles. The first-order valence-corrected chi connectivity index (χ1v) is 16.3. The van der Waals surface area contributed by atoms with Gasteiger partial charge in [-0.05, 0) is 67.6 Å². The van der Waals surface area contributed by atoms with Crippen molar-refractivity contribution in [2.75, 3.05) is 24.2 Å². The standard InChI is InChI=1S/C29H39Cl2N3O5S/c1-4-27(29(36)32-23-9-6-5-7-10-23)33(20-21-12-13-22(30)19-26(21)31)28(35)11-8-18-34(40(3,37)38)24-14-16-25(39-2)17-15-24/h12-17,19,23,27H,4-11,18,20H2,1-3H3,(H,32,36)/t27-/m0/s1. The van der Waals surface area contributed by atoms with Crippen molar-refractivity contribution in [3.05, 3.63) is 58.1 Å². The molecule has 3 rings (SSSR count). The lowest BCUT2D eigenvalue weighted by atomic mass is 9.95. The zero-order valence-electron chi connectivity index (χ0n) is 23.4. The summed E-state index contributed by atoms with van der Waals surface area (Å²) >= 11 is 12.5. The van der Waals surface area contributed by atoms with E-state index in [4.69, 9.17) is 27.9 Å². The Hall–Kier alpha value is -2.49. The number of nitrogens with zero attached hydrogens (tertiary/aromatic N) is 2. The van der Waals surface area contributed by atoms with E-state index in [1.165, 1.54) is 17.8 Å². The highest BCUT2D eigenvalue weighted by atomic mass is 35.5. The number of ether oxygens (including phenoxy) is 1. The minimum absolute atomic E-state index is 0.0561. The van der Waals surface area contributed by atoms with Gasteiger partial charge in [0.05, 0.1) is 19.1 Å². The van der Waals surface area contributed by atoms with Crippen molar-refractivity contribution in [1.29, 1.82) is 0 Å². The molecule has 0 heterocycles. The van der Waals surface area contributed by atoms with Gasteiger partial charge in [0, 0.05) is 35.6 Å². The quantitative estimate of drug-likeness (QED) is 0.308. The Labute approximate surface area is 248 Å². The average molecular weight is 613 g/mol. The highest BCUT2D eigenvalue weighted by Gasteiger charge is 2.31. The lowest BCUT2D eigenvalue weighted by Gasteiger charge is -2.33. The van der Waals surface area contributed by atoms with Crippen LogP contribution in [-0.2, 0) is 26.2 Å². The maximum Gasteiger partial charge on any atom is 0.243 e. The highest BCUT2D eigenvalue weighted by molar-refractivity contribution is 7.92. The number of nitrogens with one attached hydrogen (secondary N) is 1. The van der Waals surface area contributed by atoms with Crippen LogP contribution in [0.4, 0.5) is 5.69 Å². The molecule has 40 heavy (non-hydrogen) atoms. The number of sulfonamides is 1. The van der Waals surface area contributed by atoms with Crippen molar-refractivity contribution < 1.29 is 22.7 Å². The molecular weight excluding hydrogens is 573 g/mol. The van der Waals surface area contributed by atoms with Crippen molar-refractivity contribution in [2.24, 2.45) is 0 Å². The summed E-state index contributed by atoms with van der Waals surface area (Å²) in [5.74, 6) is 0.185. The van der Waals surface area contributed by atoms with E-state index in [1.54, 1.807) is 47.4 Å². The molecule has 0 aromatic heterocycles. The number of hydrogen-bond acceptors (Lipinski definition) is 5. The lowest BCUT2D eigenvalue weighted by molar-refractivity contribution is -0.141. The Balaban J connectivity index is 1.78. The summed E-state index contributed by atoms with van der Waals surface area (Å²) in [6.07, 6.45) is 7.09. The molecule has 8 nitrogen and oxygen atoms in total. The van der Waals surface area contributed by atoms with Crippen molar-refractivity contribution in [2.45, 2.75) is 76.9 Å². The molecule has 2 amide bonds. The molecule has 11 heteroatoms. The number of halogens is 2. The van der Waals surface area contributed by atoms with Crippen LogP contribution in [0.3, 0.4) is 0 Å². The van der Waals surface area contributed by atoms with Crippen molar-refractivity contribution in [3.63, 3.8) is 0 Å². The number of carbonyl (C=O) groups is 2. The van der Waals surface area contributed by atoms with Crippen LogP contribution >= 0.6 is 23.2 Å². The molecule has 1 aliphatic rings. The van der Waals surface area contributed by atoms with E-state index in [0.29, 0.717) is 33.5 Å². The van der Waals surface area contributed by atoms with Crippen LogP contribution in [0.25, 0.3) is 0 Å². The van der Waals surface area contributed by atoms with E-state index in [1.807, 2.05) is 6.92 Å². The average Bonchev–Trinajstić information content (AvgIpc) is 2.92. The minimum Gasteiger partial charge on any atom is -0.497 e. The molecule has 1 aliphatic carbocycles. The summed E-state index contributed by atoms with van der Waals surface area (Å²) in [4.78, 5) is 28.6. The molecule has 0 saturated heterocycles. The monoisotopic (exact) mass is 611 g/mol. The topological polar surface area (TPSA) is 96.0 Å². The van der Waals surface area contributed by atoms with Crippen LogP contribution in [0.1, 0.15) is 63.9 Å². The molecule has 0 bridgehead atoms. The number of amides is 2. The molecule has 0 spiro atoms. The summed E-state index contributed by atoms with van der Waals surface area (Å²) in [5, 5.41) is 4.05. The van der Waals surface area contributed by atoms with Gasteiger partial charge >= 0.3 is 0 Å². The van der Waals surface area contributed by atoms with Crippen LogP contribution in [0.5, 0.6) is 5.75 Å². The van der Waals surface area contributed by atoms with Crippen LogP contribution in [0.15, 0.2) is 42.5 Å². The first-order valence-electron chi connectivity index (χ1n) is 13.7. The normalized spacial score (nSPS) is 14.8. The molecule has 1 fully saturated rings. The molecule has 1 N–H and O–H groups in total. The predicted octanol–water partition coefficient (Wildman–Crippen LogP) is 5.80. The van der Waals surface area contributed by atoms with Crippen molar-refractivity contribution in [1.82, 2.24) is 10.2 Å². The van der Waals surface area contributed by atoms with Gasteiger partial charge in [-0.3, -0.25) is 13.9 Å². The van der Waals surface area contributed by atoms with Crippen molar-refractivity contribution in [3.8, 4) is 5.75 Å². The van der Waals surface area contributed by atoms with Crippen LogP contribution in [-0.4, -0.2) is 57.1 Å². The summed E-state index contributed by atoms with van der Waals surface area (Å²) < 4.78 is 31.6. The summed E-state index contributed by atoms with van der Waals surface area (Å²) in [7, 11) is -2.05. The van der Waals surface area contributed by atoms with Gasteiger partial charge in [0.25, 0.3) is 0 Å². The minimum atomic E-state index is -3.59. The van der Waals surface area contributed by atoms with Crippen LogP contribution < -0.4 is 14.4 Å². The maximum atomic E-state index is 13.7. The van der Waals surface area contributed by atoms with Gasteiger partial charge < -0.3 is 15.0 Å². The fourth-order valence-corrected chi connectivity index (χ4v) is 6.48. The third-order valence-electron chi connectivity index (χ3n) is 7.21. The van der Waals surface area contributed by atoms with E-state index in [0.717, 1.165) is 31.9 Å². The van der Waals surface area contributed by atoms with Gasteiger partial charge in [0.1, 0.15) is 11.8 Å². The number of anilines is 1. The molecule has 1 atom stereocenters. The largest absolute Gasteiger partial charge is 0.497 e. The first kappa shape index (κ1) is 32.0. The number of hydrogen-bond donors (Lipinski definition) is 1. The van der Waals surface area contributed by atoms with Gasteiger partial charge in [-0.1, -0.05) is 55.5 Å². The third-order valence-corrected chi connectivity index (χ3v) is 8.99. The SMILES string of the molecule is CC[C@@H](C(=O)NC1CCCCC1)N(Cc1ccc(Cl)cc1Cl)C(=O)CCCN(c1ccc(OC)cc1)S(C)(=O)=O. The number of carbonyl (C=O) groups excluding carboxylic acids is 2. The summed E-state index contributed by atoms with van der Waals surface area (Å²) in [6.45, 7) is 2.13. The van der Waals surface area contributed by atoms with E-state index in [-0.39, 0.29) is 43.8 Å². The molecule has 2 aromatic carbocycles. The Morgan fingerprint density at radius 1 is 1.07 bits per heavy atom. The highest BCUT2D eigenvalue weighted by Crippen LogP contribution is 2.26. The fourth-order valence-electron chi connectivity index (χ4n) is 5.05. The molecule has 2 aromatic rings. The van der Waals surface area contributed by atoms with Crippen molar-refractivity contribution >= 4 is 50.7 Å². The Kier molecular flexibility index (Phi) is 12.0. The zero-order valence-corrected chi connectivity index (χ0v) is 25.7. The van der Waals surface area contributed by atoms with Gasteiger partial charge in [0.2, 0.25) is 21.8 Å². The van der Waals surface area contributed by atoms with E-state index in [2.05, 4.69) is 5.32 Å². The van der Waals surface area contributed by atoms with Gasteiger partial charge in [-0.25, -0.2) is 8.42 Å². The van der Waals surface area contributed by atoms with E-state index < -0.39 is 16.1 Å². The predicted molar refractivity (Wildman–Crippen MR) is 161 cm³/mol. The smallest absolute Gasteiger partial charge is 0.243 e. The number of benzene rings is 2. The van der Waals surface area contributed by atoms with Gasteiger partial charge in [0.15, 0.2) is 0 Å².